The van der Waals surface area contributed by atoms with Crippen LogP contribution in [0, 0.1) is 0 Å². The summed E-state index contributed by atoms with van der Waals surface area (Å²) in [6.07, 6.45) is 1.80. The van der Waals surface area contributed by atoms with Gasteiger partial charge in [-0.15, -0.1) is 11.3 Å². The smallest absolute Gasteiger partial charge is 0.154 e. The molecular formula is C11H11ClN2S2. The maximum atomic E-state index is 6.15. The third-order valence-electron chi connectivity index (χ3n) is 2.08. The van der Waals surface area contributed by atoms with Crippen LogP contribution in [-0.4, -0.2) is 4.98 Å². The largest absolute Gasteiger partial charge is 0.324 e. The molecule has 0 bridgehead atoms. The van der Waals surface area contributed by atoms with E-state index >= 15 is 0 Å². The first-order valence-electron chi connectivity index (χ1n) is 4.79. The molecule has 0 spiro atoms. The lowest BCUT2D eigenvalue weighted by molar-refractivity contribution is 0.817. The van der Waals surface area contributed by atoms with E-state index in [9.17, 15) is 0 Å². The maximum Gasteiger partial charge on any atom is 0.154 e. The molecule has 0 fully saturated rings. The summed E-state index contributed by atoms with van der Waals surface area (Å²) >= 11 is 9.38. The highest BCUT2D eigenvalue weighted by Crippen LogP contribution is 2.33. The van der Waals surface area contributed by atoms with Crippen LogP contribution in [0.3, 0.4) is 0 Å². The Balaban J connectivity index is 2.21. The highest BCUT2D eigenvalue weighted by Gasteiger charge is 2.07. The van der Waals surface area contributed by atoms with Crippen molar-refractivity contribution >= 4 is 34.7 Å². The minimum Gasteiger partial charge on any atom is -0.324 e. The Morgan fingerprint density at radius 1 is 1.50 bits per heavy atom. The van der Waals surface area contributed by atoms with Crippen LogP contribution in [0.5, 0.6) is 0 Å². The first kappa shape index (κ1) is 11.9. The second kappa shape index (κ2) is 5.19. The zero-order valence-corrected chi connectivity index (χ0v) is 11.1. The van der Waals surface area contributed by atoms with Crippen LogP contribution in [0.2, 0.25) is 5.02 Å². The lowest BCUT2D eigenvalue weighted by atomic mass is 10.1. The summed E-state index contributed by atoms with van der Waals surface area (Å²) in [4.78, 5) is 5.30. The predicted octanol–water partition coefficient (Wildman–Crippen LogP) is 3.97. The van der Waals surface area contributed by atoms with E-state index in [2.05, 4.69) is 4.98 Å². The summed E-state index contributed by atoms with van der Waals surface area (Å²) in [6.45, 7) is 1.93. The fourth-order valence-corrected chi connectivity index (χ4v) is 3.36. The van der Waals surface area contributed by atoms with Crippen LogP contribution in [0.15, 0.2) is 39.0 Å². The van der Waals surface area contributed by atoms with Crippen molar-refractivity contribution in [2.24, 2.45) is 5.73 Å². The molecule has 0 aliphatic carbocycles. The Hall–Kier alpha value is -0.550. The second-order valence-electron chi connectivity index (χ2n) is 3.37. The van der Waals surface area contributed by atoms with E-state index in [4.69, 9.17) is 17.3 Å². The third-order valence-corrected chi connectivity index (χ3v) is 4.28. The fraction of sp³-hybridized carbons (Fsp3) is 0.182. The Kier molecular flexibility index (Phi) is 3.86. The van der Waals surface area contributed by atoms with Gasteiger partial charge in [-0.2, -0.15) is 0 Å². The number of nitrogens with zero attached hydrogens (tertiary/aromatic N) is 1. The first-order chi connectivity index (χ1) is 7.66. The van der Waals surface area contributed by atoms with Crippen molar-refractivity contribution in [2.45, 2.75) is 22.2 Å². The summed E-state index contributed by atoms with van der Waals surface area (Å²) in [7, 11) is 0. The van der Waals surface area contributed by atoms with Crippen LogP contribution < -0.4 is 5.73 Å². The Labute approximate surface area is 108 Å². The van der Waals surface area contributed by atoms with E-state index in [1.165, 1.54) is 0 Å². The maximum absolute atomic E-state index is 6.15. The molecular weight excluding hydrogens is 260 g/mol. The fourth-order valence-electron chi connectivity index (χ4n) is 1.30. The molecule has 84 valence electrons. The lowest BCUT2D eigenvalue weighted by Gasteiger charge is -2.09. The van der Waals surface area contributed by atoms with Gasteiger partial charge in [0.1, 0.15) is 0 Å². The molecule has 0 saturated heterocycles. The number of benzene rings is 1. The van der Waals surface area contributed by atoms with Gasteiger partial charge in [0.15, 0.2) is 4.34 Å². The number of thiazole rings is 1. The van der Waals surface area contributed by atoms with Crippen molar-refractivity contribution in [3.63, 3.8) is 0 Å². The molecule has 1 aromatic carbocycles. The predicted molar refractivity (Wildman–Crippen MR) is 70.3 cm³/mol. The van der Waals surface area contributed by atoms with Crippen molar-refractivity contribution < 1.29 is 0 Å². The zero-order chi connectivity index (χ0) is 11.5. The van der Waals surface area contributed by atoms with Gasteiger partial charge in [0.2, 0.25) is 0 Å². The molecule has 2 nitrogen and oxygen atoms in total. The van der Waals surface area contributed by atoms with Gasteiger partial charge < -0.3 is 5.73 Å². The summed E-state index contributed by atoms with van der Waals surface area (Å²) in [6, 6.07) is 5.90. The standard InChI is InChI=1S/C11H11ClN2S2/c1-7(13)9-3-2-8(6-10(9)12)16-11-14-4-5-15-11/h2-7H,13H2,1H3. The molecule has 1 heterocycles. The number of halogens is 1. The Morgan fingerprint density at radius 2 is 2.31 bits per heavy atom. The molecule has 2 rings (SSSR count). The van der Waals surface area contributed by atoms with E-state index in [-0.39, 0.29) is 6.04 Å². The second-order valence-corrected chi connectivity index (χ2v) is 5.99. The van der Waals surface area contributed by atoms with Gasteiger partial charge in [-0.1, -0.05) is 29.4 Å². The molecule has 2 aromatic rings. The molecule has 0 amide bonds. The summed E-state index contributed by atoms with van der Waals surface area (Å²) in [5.74, 6) is 0. The number of aromatic nitrogens is 1. The van der Waals surface area contributed by atoms with Crippen LogP contribution in [0.25, 0.3) is 0 Å². The van der Waals surface area contributed by atoms with Crippen molar-refractivity contribution in [3.05, 3.63) is 40.4 Å². The molecule has 1 aromatic heterocycles. The van der Waals surface area contributed by atoms with Gasteiger partial charge in [0.05, 0.1) is 0 Å². The van der Waals surface area contributed by atoms with E-state index in [1.807, 2.05) is 30.5 Å². The average molecular weight is 271 g/mol. The zero-order valence-electron chi connectivity index (χ0n) is 8.68. The molecule has 16 heavy (non-hydrogen) atoms. The SMILES string of the molecule is CC(N)c1ccc(Sc2nccs2)cc1Cl. The van der Waals surface area contributed by atoms with Crippen LogP contribution in [0.4, 0.5) is 0 Å². The van der Waals surface area contributed by atoms with Crippen molar-refractivity contribution in [2.75, 3.05) is 0 Å². The quantitative estimate of drug-likeness (QED) is 0.917. The van der Waals surface area contributed by atoms with Crippen LogP contribution in [0.1, 0.15) is 18.5 Å². The van der Waals surface area contributed by atoms with E-state index in [0.717, 1.165) is 19.8 Å². The van der Waals surface area contributed by atoms with Gasteiger partial charge in [0.25, 0.3) is 0 Å². The molecule has 0 saturated carbocycles. The number of hydrogen-bond donors (Lipinski definition) is 1. The minimum atomic E-state index is -0.0357. The molecule has 0 aliphatic heterocycles. The van der Waals surface area contributed by atoms with Crippen molar-refractivity contribution in [1.29, 1.82) is 0 Å². The normalized spacial score (nSPS) is 12.7. The summed E-state index contributed by atoms with van der Waals surface area (Å²) in [5.41, 5.74) is 6.78. The van der Waals surface area contributed by atoms with Crippen molar-refractivity contribution in [3.8, 4) is 0 Å². The third kappa shape index (κ3) is 2.77. The molecule has 0 aliphatic rings. The van der Waals surface area contributed by atoms with Gasteiger partial charge in [0, 0.05) is 27.5 Å². The summed E-state index contributed by atoms with van der Waals surface area (Å²) in [5, 5.41) is 2.68. The highest BCUT2D eigenvalue weighted by atomic mass is 35.5. The van der Waals surface area contributed by atoms with Crippen LogP contribution >= 0.6 is 34.7 Å². The average Bonchev–Trinajstić information content (AvgIpc) is 2.70. The van der Waals surface area contributed by atoms with Gasteiger partial charge in [-0.25, -0.2) is 4.98 Å². The van der Waals surface area contributed by atoms with Gasteiger partial charge in [-0.3, -0.25) is 0 Å². The minimum absolute atomic E-state index is 0.0357. The Bertz CT molecular complexity index is 469. The number of hydrogen-bond acceptors (Lipinski definition) is 4. The topological polar surface area (TPSA) is 38.9 Å². The Morgan fingerprint density at radius 3 is 2.88 bits per heavy atom. The van der Waals surface area contributed by atoms with Crippen LogP contribution in [-0.2, 0) is 0 Å². The van der Waals surface area contributed by atoms with E-state index in [1.54, 1.807) is 29.3 Å². The number of rotatable bonds is 3. The molecule has 2 N–H and O–H groups in total. The van der Waals surface area contributed by atoms with E-state index < -0.39 is 0 Å². The lowest BCUT2D eigenvalue weighted by Crippen LogP contribution is -2.05. The molecule has 1 atom stereocenters. The van der Waals surface area contributed by atoms with E-state index in [0.29, 0.717) is 0 Å². The first-order valence-corrected chi connectivity index (χ1v) is 6.86. The van der Waals surface area contributed by atoms with Gasteiger partial charge in [-0.05, 0) is 24.6 Å². The molecule has 0 radical (unpaired) electrons. The number of nitrogens with two attached hydrogens (primary N) is 1. The van der Waals surface area contributed by atoms with Gasteiger partial charge >= 0.3 is 0 Å². The molecule has 1 unspecified atom stereocenters. The monoisotopic (exact) mass is 270 g/mol. The molecule has 5 heteroatoms. The highest BCUT2D eigenvalue weighted by molar-refractivity contribution is 8.01. The summed E-state index contributed by atoms with van der Waals surface area (Å²) < 4.78 is 1.02. The van der Waals surface area contributed by atoms with Crippen molar-refractivity contribution in [1.82, 2.24) is 4.98 Å².